The molecule has 1 saturated heterocycles. The van der Waals surface area contributed by atoms with Crippen molar-refractivity contribution < 1.29 is 19.4 Å². The van der Waals surface area contributed by atoms with Gasteiger partial charge in [0.05, 0.1) is 7.11 Å². The van der Waals surface area contributed by atoms with Crippen LogP contribution in [0.15, 0.2) is 24.3 Å². The number of ether oxygens (including phenoxy) is 1. The summed E-state index contributed by atoms with van der Waals surface area (Å²) < 4.78 is 5.30. The van der Waals surface area contributed by atoms with E-state index in [9.17, 15) is 14.7 Å². The van der Waals surface area contributed by atoms with Crippen molar-refractivity contribution >= 4 is 11.9 Å². The lowest BCUT2D eigenvalue weighted by atomic mass is 9.94. The smallest absolute Gasteiger partial charge is 0.326 e. The summed E-state index contributed by atoms with van der Waals surface area (Å²) in [4.78, 5) is 25.8. The van der Waals surface area contributed by atoms with Gasteiger partial charge in [-0.15, -0.1) is 0 Å². The third kappa shape index (κ3) is 3.05. The van der Waals surface area contributed by atoms with Crippen LogP contribution in [-0.2, 0) is 16.0 Å². The lowest BCUT2D eigenvalue weighted by molar-refractivity contribution is -0.149. The molecule has 0 spiro atoms. The van der Waals surface area contributed by atoms with Crippen LogP contribution in [0, 0.1) is 11.8 Å². The van der Waals surface area contributed by atoms with E-state index in [-0.39, 0.29) is 11.8 Å². The molecule has 3 rings (SSSR count). The number of carboxylic acids is 1. The first kappa shape index (κ1) is 15.8. The quantitative estimate of drug-likeness (QED) is 0.905. The average Bonchev–Trinajstić information content (AvgIpc) is 3.13. The molecule has 1 saturated carbocycles. The Kier molecular flexibility index (Phi) is 4.55. The number of hydrogen-bond acceptors (Lipinski definition) is 3. The van der Waals surface area contributed by atoms with Crippen LogP contribution >= 0.6 is 0 Å². The number of rotatable bonds is 5. The molecule has 1 aliphatic carbocycles. The molecule has 1 aromatic carbocycles. The Hall–Kier alpha value is -2.04. The summed E-state index contributed by atoms with van der Waals surface area (Å²) in [6.07, 6.45) is 3.95. The van der Waals surface area contributed by atoms with Crippen LogP contribution in [0.4, 0.5) is 0 Å². The number of carbonyl (C=O) groups is 2. The Labute approximate surface area is 136 Å². The highest BCUT2D eigenvalue weighted by Crippen LogP contribution is 2.42. The Morgan fingerprint density at radius 3 is 2.83 bits per heavy atom. The van der Waals surface area contributed by atoms with Crippen molar-refractivity contribution in [3.8, 4) is 5.75 Å². The number of carboxylic acid groups (broad SMARTS) is 1. The van der Waals surface area contributed by atoms with Gasteiger partial charge in [0.2, 0.25) is 5.91 Å². The van der Waals surface area contributed by atoms with Gasteiger partial charge in [-0.05, 0) is 42.7 Å². The minimum atomic E-state index is -0.856. The summed E-state index contributed by atoms with van der Waals surface area (Å²) in [6, 6.07) is 7.00. The molecule has 1 amide bonds. The summed E-state index contributed by atoms with van der Waals surface area (Å²) in [5.41, 5.74) is 0.981. The molecule has 3 atom stereocenters. The molecule has 1 aliphatic heterocycles. The van der Waals surface area contributed by atoms with Gasteiger partial charge in [-0.1, -0.05) is 24.6 Å². The Balaban J connectivity index is 1.67. The van der Waals surface area contributed by atoms with Crippen molar-refractivity contribution in [2.75, 3.05) is 13.7 Å². The van der Waals surface area contributed by atoms with Gasteiger partial charge in [-0.3, -0.25) is 4.79 Å². The number of hydrogen-bond donors (Lipinski definition) is 1. The summed E-state index contributed by atoms with van der Waals surface area (Å²) in [5.74, 6) is 0.366. The second-order valence-corrected chi connectivity index (χ2v) is 6.50. The summed E-state index contributed by atoms with van der Waals surface area (Å²) >= 11 is 0. The number of aryl methyl sites for hydroxylation is 1. The van der Waals surface area contributed by atoms with Crippen LogP contribution in [0.5, 0.6) is 5.75 Å². The zero-order chi connectivity index (χ0) is 16.4. The van der Waals surface area contributed by atoms with Crippen LogP contribution in [0.25, 0.3) is 0 Å². The highest BCUT2D eigenvalue weighted by Gasteiger charge is 2.49. The van der Waals surface area contributed by atoms with Crippen LogP contribution in [0.2, 0.25) is 0 Å². The van der Waals surface area contributed by atoms with E-state index in [1.807, 2.05) is 24.3 Å². The summed E-state index contributed by atoms with van der Waals surface area (Å²) in [6.45, 7) is 0.604. The Morgan fingerprint density at radius 2 is 2.09 bits per heavy atom. The van der Waals surface area contributed by atoms with Gasteiger partial charge in [0.15, 0.2) is 0 Å². The van der Waals surface area contributed by atoms with Crippen molar-refractivity contribution in [3.05, 3.63) is 29.8 Å². The number of aliphatic carboxylic acids is 1. The van der Waals surface area contributed by atoms with Crippen LogP contribution in [-0.4, -0.2) is 41.6 Å². The monoisotopic (exact) mass is 317 g/mol. The molecule has 1 heterocycles. The van der Waals surface area contributed by atoms with Gasteiger partial charge in [0.25, 0.3) is 0 Å². The molecular weight excluding hydrogens is 294 g/mol. The maximum atomic E-state index is 12.6. The molecule has 0 radical (unpaired) electrons. The molecule has 5 heteroatoms. The molecule has 0 bridgehead atoms. The molecule has 3 unspecified atom stereocenters. The van der Waals surface area contributed by atoms with E-state index in [4.69, 9.17) is 4.74 Å². The first-order valence-electron chi connectivity index (χ1n) is 8.26. The lowest BCUT2D eigenvalue weighted by Crippen LogP contribution is -2.43. The van der Waals surface area contributed by atoms with Crippen LogP contribution < -0.4 is 4.74 Å². The van der Waals surface area contributed by atoms with E-state index in [0.717, 1.165) is 30.6 Å². The van der Waals surface area contributed by atoms with Crippen LogP contribution in [0.3, 0.4) is 0 Å². The fourth-order valence-electron chi connectivity index (χ4n) is 4.17. The van der Waals surface area contributed by atoms with Crippen molar-refractivity contribution in [2.24, 2.45) is 11.8 Å². The number of likely N-dealkylation sites (tertiary alicyclic amines) is 1. The Bertz CT molecular complexity index is 600. The lowest BCUT2D eigenvalue weighted by Gasteiger charge is -2.24. The summed E-state index contributed by atoms with van der Waals surface area (Å²) in [5, 5.41) is 9.53. The van der Waals surface area contributed by atoms with Crippen molar-refractivity contribution in [3.63, 3.8) is 0 Å². The number of para-hydroxylation sites is 1. The first-order valence-corrected chi connectivity index (χ1v) is 8.26. The molecule has 23 heavy (non-hydrogen) atoms. The van der Waals surface area contributed by atoms with Crippen molar-refractivity contribution in [2.45, 2.75) is 38.1 Å². The number of methoxy groups -OCH3 is 1. The third-order valence-corrected chi connectivity index (χ3v) is 5.26. The second-order valence-electron chi connectivity index (χ2n) is 6.50. The fourth-order valence-corrected chi connectivity index (χ4v) is 4.17. The van der Waals surface area contributed by atoms with Gasteiger partial charge in [0.1, 0.15) is 11.8 Å². The molecular formula is C18H23NO4. The molecule has 5 nitrogen and oxygen atoms in total. The normalized spacial score (nSPS) is 26.1. The molecule has 1 N–H and O–H groups in total. The van der Waals surface area contributed by atoms with E-state index in [1.165, 1.54) is 0 Å². The molecule has 2 fully saturated rings. The number of amides is 1. The molecule has 1 aromatic rings. The van der Waals surface area contributed by atoms with E-state index in [0.29, 0.717) is 25.3 Å². The summed E-state index contributed by atoms with van der Waals surface area (Å²) in [7, 11) is 1.61. The third-order valence-electron chi connectivity index (χ3n) is 5.26. The largest absolute Gasteiger partial charge is 0.496 e. The highest BCUT2D eigenvalue weighted by molar-refractivity contribution is 5.85. The topological polar surface area (TPSA) is 66.8 Å². The number of benzene rings is 1. The van der Waals surface area contributed by atoms with E-state index in [2.05, 4.69) is 0 Å². The minimum absolute atomic E-state index is 0.0577. The van der Waals surface area contributed by atoms with E-state index < -0.39 is 12.0 Å². The molecule has 2 aliphatic rings. The second kappa shape index (κ2) is 6.60. The van der Waals surface area contributed by atoms with Gasteiger partial charge in [0, 0.05) is 13.0 Å². The fraction of sp³-hybridized carbons (Fsp3) is 0.556. The maximum Gasteiger partial charge on any atom is 0.326 e. The zero-order valence-electron chi connectivity index (χ0n) is 13.4. The number of carbonyl (C=O) groups excluding carboxylic acids is 1. The van der Waals surface area contributed by atoms with Gasteiger partial charge < -0.3 is 14.7 Å². The van der Waals surface area contributed by atoms with E-state index in [1.54, 1.807) is 12.0 Å². The predicted molar refractivity (Wildman–Crippen MR) is 85.3 cm³/mol. The average molecular weight is 317 g/mol. The van der Waals surface area contributed by atoms with Gasteiger partial charge in [-0.25, -0.2) is 4.79 Å². The molecule has 124 valence electrons. The van der Waals surface area contributed by atoms with Crippen molar-refractivity contribution in [1.82, 2.24) is 4.90 Å². The Morgan fingerprint density at radius 1 is 1.30 bits per heavy atom. The van der Waals surface area contributed by atoms with Gasteiger partial charge >= 0.3 is 5.97 Å². The SMILES string of the molecule is COc1ccccc1CCC(=O)N1CC2CCCC2C1C(=O)O. The maximum absolute atomic E-state index is 12.6. The number of nitrogens with zero attached hydrogens (tertiary/aromatic N) is 1. The molecule has 0 aromatic heterocycles. The number of fused-ring (bicyclic) bond motifs is 1. The van der Waals surface area contributed by atoms with Crippen LogP contribution in [0.1, 0.15) is 31.2 Å². The zero-order valence-corrected chi connectivity index (χ0v) is 13.4. The first-order chi connectivity index (χ1) is 11.1. The predicted octanol–water partition coefficient (Wildman–Crippen LogP) is 2.34. The van der Waals surface area contributed by atoms with E-state index >= 15 is 0 Å². The van der Waals surface area contributed by atoms with Gasteiger partial charge in [-0.2, -0.15) is 0 Å². The minimum Gasteiger partial charge on any atom is -0.496 e. The standard InChI is InChI=1S/C18H23NO4/c1-23-15-8-3-2-5-12(15)9-10-16(20)19-11-13-6-4-7-14(13)17(19)18(21)22/h2-3,5,8,13-14,17H,4,6-7,9-11H2,1H3,(H,21,22). The highest BCUT2D eigenvalue weighted by atomic mass is 16.5. The van der Waals surface area contributed by atoms with Crippen molar-refractivity contribution in [1.29, 1.82) is 0 Å².